The lowest BCUT2D eigenvalue weighted by Crippen LogP contribution is -2.25. The number of halogens is 1. The van der Waals surface area contributed by atoms with E-state index in [4.69, 9.17) is 4.74 Å². The molecule has 6 nitrogen and oxygen atoms in total. The average Bonchev–Trinajstić information content (AvgIpc) is 2.46. The van der Waals surface area contributed by atoms with Gasteiger partial charge in [-0.25, -0.2) is 14.1 Å². The number of hydrogen-bond acceptors (Lipinski definition) is 7. The molecule has 0 aliphatic carbocycles. The predicted octanol–water partition coefficient (Wildman–Crippen LogP) is 2.62. The van der Waals surface area contributed by atoms with Crippen LogP contribution in [0.2, 0.25) is 0 Å². The Morgan fingerprint density at radius 1 is 1.48 bits per heavy atom. The number of nitrogens with zero attached hydrogens (tertiary/aromatic N) is 2. The van der Waals surface area contributed by atoms with Gasteiger partial charge in [0.05, 0.1) is 13.2 Å². The summed E-state index contributed by atoms with van der Waals surface area (Å²) in [6.07, 6.45) is 1.33. The maximum absolute atomic E-state index is 12.0. The molecule has 0 amide bonds. The Kier molecular flexibility index (Phi) is 7.97. The molecule has 21 heavy (non-hydrogen) atoms. The molecule has 1 heterocycles. The largest absolute Gasteiger partial charge is 0.468 e. The number of hydrogen-bond donors (Lipinski definition) is 0. The van der Waals surface area contributed by atoms with Crippen molar-refractivity contribution < 1.29 is 19.1 Å². The fourth-order valence-electron chi connectivity index (χ4n) is 1.52. The van der Waals surface area contributed by atoms with Crippen LogP contribution in [0.4, 0.5) is 0 Å². The number of rotatable bonds is 7. The van der Waals surface area contributed by atoms with Crippen LogP contribution in [0, 0.1) is 0 Å². The van der Waals surface area contributed by atoms with Crippen LogP contribution in [0.15, 0.2) is 18.3 Å². The summed E-state index contributed by atoms with van der Waals surface area (Å²) >= 11 is 2.07. The Morgan fingerprint density at radius 2 is 2.19 bits per heavy atom. The van der Waals surface area contributed by atoms with Crippen molar-refractivity contribution in [2.75, 3.05) is 13.7 Å². The van der Waals surface area contributed by atoms with Gasteiger partial charge in [0, 0.05) is 39.5 Å². The van der Waals surface area contributed by atoms with E-state index in [2.05, 4.69) is 30.9 Å². The van der Waals surface area contributed by atoms with Gasteiger partial charge in [0.15, 0.2) is 5.69 Å². The van der Waals surface area contributed by atoms with E-state index in [0.717, 1.165) is 0 Å². The summed E-state index contributed by atoms with van der Waals surface area (Å²) < 4.78 is 11.6. The second-order valence-electron chi connectivity index (χ2n) is 4.41. The zero-order valence-corrected chi connectivity index (χ0v) is 15.0. The molecule has 0 spiro atoms. The minimum atomic E-state index is -0.461. The monoisotopic (exact) mass is 424 g/mol. The van der Waals surface area contributed by atoms with E-state index in [-0.39, 0.29) is 24.3 Å². The molecule has 1 aromatic heterocycles. The van der Waals surface area contributed by atoms with E-state index in [1.807, 2.05) is 0 Å². The lowest BCUT2D eigenvalue weighted by Gasteiger charge is -2.18. The fourth-order valence-corrected chi connectivity index (χ4v) is 2.70. The standard InChI is InChI=1S/C13H17IN2O4S/c1-9(2)20-13(18)12-10(5-4-6-15-12)7-16(21-14)8-11(17)19-3/h4-6,9H,7-8H2,1-3H3. The summed E-state index contributed by atoms with van der Waals surface area (Å²) in [5.41, 5.74) is 0.975. The Labute approximate surface area is 140 Å². The van der Waals surface area contributed by atoms with Crippen molar-refractivity contribution in [2.45, 2.75) is 26.5 Å². The molecule has 0 unspecified atom stereocenters. The highest BCUT2D eigenvalue weighted by Crippen LogP contribution is 2.22. The van der Waals surface area contributed by atoms with Crippen LogP contribution >= 0.6 is 30.3 Å². The van der Waals surface area contributed by atoms with Gasteiger partial charge in [-0.15, -0.1) is 0 Å². The van der Waals surface area contributed by atoms with Crippen LogP contribution in [-0.4, -0.2) is 41.0 Å². The summed E-state index contributed by atoms with van der Waals surface area (Å²) in [7, 11) is 2.71. The fraction of sp³-hybridized carbons (Fsp3) is 0.462. The molecule has 0 bridgehead atoms. The van der Waals surface area contributed by atoms with Crippen molar-refractivity contribution in [3.8, 4) is 0 Å². The van der Waals surface area contributed by atoms with Gasteiger partial charge < -0.3 is 9.47 Å². The minimum absolute atomic E-state index is 0.123. The molecule has 0 saturated carbocycles. The highest BCUT2D eigenvalue weighted by molar-refractivity contribution is 14.2. The van der Waals surface area contributed by atoms with Gasteiger partial charge in [0.1, 0.15) is 6.54 Å². The van der Waals surface area contributed by atoms with Crippen LogP contribution in [0.1, 0.15) is 29.9 Å². The number of methoxy groups -OCH3 is 1. The summed E-state index contributed by atoms with van der Waals surface area (Å²) in [6, 6.07) is 3.54. The molecule has 0 fully saturated rings. The molecule has 116 valence electrons. The van der Waals surface area contributed by atoms with Crippen LogP contribution < -0.4 is 0 Å². The van der Waals surface area contributed by atoms with Gasteiger partial charge in [-0.2, -0.15) is 0 Å². The van der Waals surface area contributed by atoms with Gasteiger partial charge in [0.2, 0.25) is 0 Å². The third-order valence-corrected chi connectivity index (χ3v) is 4.53. The quantitative estimate of drug-likeness (QED) is 0.379. The van der Waals surface area contributed by atoms with Crippen molar-refractivity contribution in [3.05, 3.63) is 29.6 Å². The molecule has 0 N–H and O–H groups in total. The SMILES string of the molecule is COC(=O)CN(Cc1cccnc1C(=O)OC(C)C)SI. The van der Waals surface area contributed by atoms with E-state index in [1.165, 1.54) is 16.2 Å². The molecule has 0 radical (unpaired) electrons. The first-order valence-corrected chi connectivity index (χ1v) is 9.54. The van der Waals surface area contributed by atoms with Gasteiger partial charge in [-0.3, -0.25) is 4.79 Å². The minimum Gasteiger partial charge on any atom is -0.468 e. The van der Waals surface area contributed by atoms with Crippen LogP contribution in [-0.2, 0) is 20.8 Å². The van der Waals surface area contributed by atoms with Gasteiger partial charge in [-0.05, 0) is 29.0 Å². The van der Waals surface area contributed by atoms with Crippen molar-refractivity contribution in [1.82, 2.24) is 9.29 Å². The van der Waals surface area contributed by atoms with E-state index >= 15 is 0 Å². The Morgan fingerprint density at radius 3 is 2.76 bits per heavy atom. The molecular formula is C13H17IN2O4S. The second-order valence-corrected chi connectivity index (χ2v) is 6.24. The number of pyridine rings is 1. The zero-order chi connectivity index (χ0) is 15.8. The first-order valence-electron chi connectivity index (χ1n) is 6.23. The summed E-state index contributed by atoms with van der Waals surface area (Å²) in [5, 5.41) is 0. The lowest BCUT2D eigenvalue weighted by molar-refractivity contribution is -0.140. The topological polar surface area (TPSA) is 68.7 Å². The molecule has 0 aromatic carbocycles. The summed E-state index contributed by atoms with van der Waals surface area (Å²) in [6.45, 7) is 4.08. The van der Waals surface area contributed by atoms with E-state index in [9.17, 15) is 9.59 Å². The van der Waals surface area contributed by atoms with Crippen molar-refractivity contribution >= 4 is 42.3 Å². The van der Waals surface area contributed by atoms with E-state index in [1.54, 1.807) is 36.5 Å². The van der Waals surface area contributed by atoms with Gasteiger partial charge in [0.25, 0.3) is 0 Å². The number of esters is 2. The molecule has 1 rings (SSSR count). The normalized spacial score (nSPS) is 10.8. The van der Waals surface area contributed by atoms with Crippen LogP contribution in [0.5, 0.6) is 0 Å². The first-order chi connectivity index (χ1) is 9.97. The highest BCUT2D eigenvalue weighted by Gasteiger charge is 2.19. The highest BCUT2D eigenvalue weighted by atomic mass is 127. The number of aromatic nitrogens is 1. The van der Waals surface area contributed by atoms with Crippen LogP contribution in [0.25, 0.3) is 0 Å². The Balaban J connectivity index is 2.87. The number of carbonyl (C=O) groups excluding carboxylic acids is 2. The maximum atomic E-state index is 12.0. The number of ether oxygens (including phenoxy) is 2. The molecular weight excluding hydrogens is 407 g/mol. The van der Waals surface area contributed by atoms with Crippen LogP contribution in [0.3, 0.4) is 0 Å². The van der Waals surface area contributed by atoms with E-state index in [0.29, 0.717) is 12.1 Å². The number of carbonyl (C=O) groups is 2. The lowest BCUT2D eigenvalue weighted by atomic mass is 10.2. The van der Waals surface area contributed by atoms with Crippen molar-refractivity contribution in [1.29, 1.82) is 0 Å². The molecule has 0 aliphatic heterocycles. The van der Waals surface area contributed by atoms with Gasteiger partial charge in [-0.1, -0.05) is 6.07 Å². The molecule has 0 saturated heterocycles. The Bertz CT molecular complexity index is 499. The first kappa shape index (κ1) is 18.2. The third kappa shape index (κ3) is 6.18. The maximum Gasteiger partial charge on any atom is 0.357 e. The van der Waals surface area contributed by atoms with Gasteiger partial charge >= 0.3 is 11.9 Å². The zero-order valence-electron chi connectivity index (χ0n) is 12.0. The molecule has 1 aromatic rings. The van der Waals surface area contributed by atoms with E-state index < -0.39 is 5.97 Å². The second kappa shape index (κ2) is 9.21. The molecule has 8 heteroatoms. The molecule has 0 atom stereocenters. The average molecular weight is 424 g/mol. The molecule has 0 aliphatic rings. The predicted molar refractivity (Wildman–Crippen MR) is 88.8 cm³/mol. The third-order valence-electron chi connectivity index (χ3n) is 2.40. The summed E-state index contributed by atoms with van der Waals surface area (Å²) in [5.74, 6) is -0.800. The van der Waals surface area contributed by atoms with Crippen molar-refractivity contribution in [2.24, 2.45) is 0 Å². The Hall–Kier alpha value is -0.870. The smallest absolute Gasteiger partial charge is 0.357 e. The summed E-state index contributed by atoms with van der Waals surface area (Å²) in [4.78, 5) is 27.5. The van der Waals surface area contributed by atoms with Crippen molar-refractivity contribution in [3.63, 3.8) is 0 Å².